The number of methoxy groups -OCH3 is 1. The van der Waals surface area contributed by atoms with E-state index in [1.54, 1.807) is 13.2 Å². The average Bonchev–Trinajstić information content (AvgIpc) is 3.43. The molecule has 0 radical (unpaired) electrons. The van der Waals surface area contributed by atoms with Crippen LogP contribution in [0.5, 0.6) is 5.75 Å². The molecule has 1 amide bonds. The predicted molar refractivity (Wildman–Crippen MR) is 151 cm³/mol. The number of benzene rings is 3. The van der Waals surface area contributed by atoms with Crippen LogP contribution in [0, 0.1) is 0 Å². The minimum Gasteiger partial charge on any atom is -0.497 e. The summed E-state index contributed by atoms with van der Waals surface area (Å²) in [6, 6.07) is 30.0. The Balaban J connectivity index is 1.21. The molecule has 196 valence electrons. The second-order valence-electron chi connectivity index (χ2n) is 9.50. The van der Waals surface area contributed by atoms with Gasteiger partial charge in [0.1, 0.15) is 11.5 Å². The van der Waals surface area contributed by atoms with E-state index in [0.717, 1.165) is 48.4 Å². The van der Waals surface area contributed by atoms with Crippen molar-refractivity contribution in [3.8, 4) is 5.75 Å². The second kappa shape index (κ2) is 12.2. The molecule has 0 N–H and O–H groups in total. The van der Waals surface area contributed by atoms with Crippen LogP contribution in [-0.2, 0) is 19.6 Å². The lowest BCUT2D eigenvalue weighted by Crippen LogP contribution is -2.48. The molecule has 0 saturated carbocycles. The van der Waals surface area contributed by atoms with Gasteiger partial charge in [-0.25, -0.2) is 0 Å². The number of hydrogen-bond donors (Lipinski definition) is 0. The van der Waals surface area contributed by atoms with Crippen molar-refractivity contribution < 1.29 is 13.9 Å². The molecule has 0 bridgehead atoms. The molecule has 0 aliphatic carbocycles. The molecule has 1 fully saturated rings. The Kier molecular flexibility index (Phi) is 8.31. The zero-order valence-electron chi connectivity index (χ0n) is 21.6. The number of piperazine rings is 1. The van der Waals surface area contributed by atoms with Gasteiger partial charge in [-0.2, -0.15) is 0 Å². The van der Waals surface area contributed by atoms with Crippen LogP contribution in [0.4, 0.5) is 5.69 Å². The van der Waals surface area contributed by atoms with Gasteiger partial charge < -0.3 is 19.0 Å². The minimum atomic E-state index is -0.0575. The van der Waals surface area contributed by atoms with Crippen LogP contribution in [0.2, 0.25) is 5.02 Å². The van der Waals surface area contributed by atoms with E-state index in [0.29, 0.717) is 25.4 Å². The van der Waals surface area contributed by atoms with E-state index < -0.39 is 0 Å². The number of anilines is 1. The molecule has 0 atom stereocenters. The fourth-order valence-electron chi connectivity index (χ4n) is 4.77. The van der Waals surface area contributed by atoms with Gasteiger partial charge in [-0.1, -0.05) is 54.1 Å². The molecule has 3 aromatic carbocycles. The van der Waals surface area contributed by atoms with E-state index in [4.69, 9.17) is 20.8 Å². The summed E-state index contributed by atoms with van der Waals surface area (Å²) >= 11 is 6.08. The number of nitrogens with zero attached hydrogens (tertiary/aromatic N) is 3. The first-order valence-electron chi connectivity index (χ1n) is 12.8. The Morgan fingerprint density at radius 1 is 0.816 bits per heavy atom. The zero-order valence-corrected chi connectivity index (χ0v) is 22.3. The van der Waals surface area contributed by atoms with Gasteiger partial charge in [-0.05, 0) is 59.7 Å². The first-order valence-corrected chi connectivity index (χ1v) is 13.2. The lowest BCUT2D eigenvalue weighted by molar-refractivity contribution is 0.0710. The molecule has 2 heterocycles. The summed E-state index contributed by atoms with van der Waals surface area (Å²) in [6.07, 6.45) is 0. The van der Waals surface area contributed by atoms with Crippen LogP contribution in [-0.4, -0.2) is 49.0 Å². The molecule has 0 spiro atoms. The van der Waals surface area contributed by atoms with Crippen molar-refractivity contribution in [1.29, 1.82) is 0 Å². The Bertz CT molecular complexity index is 1310. The number of carbonyl (C=O) groups excluding carboxylic acids is 1. The largest absolute Gasteiger partial charge is 0.497 e. The van der Waals surface area contributed by atoms with Crippen molar-refractivity contribution in [1.82, 2.24) is 9.80 Å². The van der Waals surface area contributed by atoms with Crippen molar-refractivity contribution in [3.05, 3.63) is 119 Å². The third-order valence-electron chi connectivity index (χ3n) is 6.82. The molecule has 38 heavy (non-hydrogen) atoms. The molecule has 1 saturated heterocycles. The van der Waals surface area contributed by atoms with Crippen molar-refractivity contribution in [2.24, 2.45) is 0 Å². The standard InChI is InChI=1S/C31H32ClN3O3/c1-37-28-13-11-27(12-14-28)34-17-19-35(20-18-34)31(36)30-16-15-29(38-30)23-33(21-24-5-3-2-4-6-24)22-25-7-9-26(32)10-8-25/h2-16H,17-23H2,1H3. The van der Waals surface area contributed by atoms with E-state index in [1.165, 1.54) is 11.1 Å². The molecule has 6 nitrogen and oxygen atoms in total. The smallest absolute Gasteiger partial charge is 0.289 e. The Labute approximate surface area is 229 Å². The van der Waals surface area contributed by atoms with E-state index >= 15 is 0 Å². The highest BCUT2D eigenvalue weighted by Crippen LogP contribution is 2.22. The van der Waals surface area contributed by atoms with Crippen molar-refractivity contribution in [2.75, 3.05) is 38.2 Å². The van der Waals surface area contributed by atoms with Crippen molar-refractivity contribution >= 4 is 23.2 Å². The summed E-state index contributed by atoms with van der Waals surface area (Å²) in [4.78, 5) is 19.7. The van der Waals surface area contributed by atoms with Gasteiger partial charge >= 0.3 is 0 Å². The molecular weight excluding hydrogens is 498 g/mol. The maximum atomic E-state index is 13.2. The average molecular weight is 530 g/mol. The number of halogens is 1. The fraction of sp³-hybridized carbons (Fsp3) is 0.258. The third-order valence-corrected chi connectivity index (χ3v) is 7.08. The molecular formula is C31H32ClN3O3. The summed E-state index contributed by atoms with van der Waals surface area (Å²) in [7, 11) is 1.67. The Hall–Kier alpha value is -3.74. The number of amides is 1. The fourth-order valence-corrected chi connectivity index (χ4v) is 4.90. The van der Waals surface area contributed by atoms with Crippen LogP contribution in [0.15, 0.2) is 95.4 Å². The highest BCUT2D eigenvalue weighted by Gasteiger charge is 2.25. The number of ether oxygens (including phenoxy) is 1. The van der Waals surface area contributed by atoms with E-state index in [1.807, 2.05) is 65.6 Å². The predicted octanol–water partition coefficient (Wildman–Crippen LogP) is 6.11. The van der Waals surface area contributed by atoms with Crippen molar-refractivity contribution in [2.45, 2.75) is 19.6 Å². The normalized spacial score (nSPS) is 13.7. The first kappa shape index (κ1) is 25.9. The maximum Gasteiger partial charge on any atom is 0.289 e. The molecule has 1 aliphatic rings. The number of carbonyl (C=O) groups is 1. The van der Waals surface area contributed by atoms with E-state index in [2.05, 4.69) is 34.1 Å². The van der Waals surface area contributed by atoms with Gasteiger partial charge in [-0.15, -0.1) is 0 Å². The van der Waals surface area contributed by atoms with Crippen molar-refractivity contribution in [3.63, 3.8) is 0 Å². The summed E-state index contributed by atoms with van der Waals surface area (Å²) in [5, 5.41) is 0.724. The molecule has 1 aromatic heterocycles. The summed E-state index contributed by atoms with van der Waals surface area (Å²) in [6.45, 7) is 4.95. The number of hydrogen-bond acceptors (Lipinski definition) is 5. The van der Waals surface area contributed by atoms with Gasteiger partial charge in [0, 0.05) is 50.0 Å². The van der Waals surface area contributed by atoms with Gasteiger partial charge in [0.25, 0.3) is 5.91 Å². The molecule has 4 aromatic rings. The van der Waals surface area contributed by atoms with E-state index in [9.17, 15) is 4.79 Å². The number of furan rings is 1. The zero-order chi connectivity index (χ0) is 26.3. The van der Waals surface area contributed by atoms with Gasteiger partial charge in [0.2, 0.25) is 0 Å². The molecule has 7 heteroatoms. The monoisotopic (exact) mass is 529 g/mol. The van der Waals surface area contributed by atoms with Crippen LogP contribution in [0.3, 0.4) is 0 Å². The minimum absolute atomic E-state index is 0.0575. The van der Waals surface area contributed by atoms with E-state index in [-0.39, 0.29) is 5.91 Å². The van der Waals surface area contributed by atoms with Crippen LogP contribution in [0.25, 0.3) is 0 Å². The van der Waals surface area contributed by atoms with Gasteiger partial charge in [0.15, 0.2) is 5.76 Å². The maximum absolute atomic E-state index is 13.2. The third kappa shape index (κ3) is 6.57. The van der Waals surface area contributed by atoms with Gasteiger partial charge in [0.05, 0.1) is 13.7 Å². The Morgan fingerprint density at radius 3 is 2.13 bits per heavy atom. The van der Waals surface area contributed by atoms with Gasteiger partial charge in [-0.3, -0.25) is 9.69 Å². The SMILES string of the molecule is COc1ccc(N2CCN(C(=O)c3ccc(CN(Cc4ccccc4)Cc4ccc(Cl)cc4)o3)CC2)cc1. The summed E-state index contributed by atoms with van der Waals surface area (Å²) in [5.74, 6) is 1.95. The quantitative estimate of drug-likeness (QED) is 0.262. The topological polar surface area (TPSA) is 49.2 Å². The lowest BCUT2D eigenvalue weighted by Gasteiger charge is -2.35. The molecule has 1 aliphatic heterocycles. The summed E-state index contributed by atoms with van der Waals surface area (Å²) < 4.78 is 11.3. The van der Waals surface area contributed by atoms with Crippen LogP contribution >= 0.6 is 11.6 Å². The van der Waals surface area contributed by atoms with Crippen LogP contribution in [0.1, 0.15) is 27.4 Å². The Morgan fingerprint density at radius 2 is 1.47 bits per heavy atom. The summed E-state index contributed by atoms with van der Waals surface area (Å²) in [5.41, 5.74) is 3.53. The lowest BCUT2D eigenvalue weighted by atomic mass is 10.1. The first-order chi connectivity index (χ1) is 18.6. The highest BCUT2D eigenvalue weighted by molar-refractivity contribution is 6.30. The highest BCUT2D eigenvalue weighted by atomic mass is 35.5. The second-order valence-corrected chi connectivity index (χ2v) is 9.94. The number of rotatable bonds is 9. The molecule has 5 rings (SSSR count). The van der Waals surface area contributed by atoms with Crippen LogP contribution < -0.4 is 9.64 Å². The molecule has 0 unspecified atom stereocenters.